The SMILES string of the molecule is CCS(=O)(=O)c1ccc(CC(=O)Nc2ccc(C(OC3COC3)(C(F)(F)F)C(F)(F)F)cc2)cc1. The monoisotopic (exact) mass is 525 g/mol. The van der Waals surface area contributed by atoms with Gasteiger partial charge in [0, 0.05) is 11.3 Å². The molecule has 0 spiro atoms. The van der Waals surface area contributed by atoms with Crippen LogP contribution in [0.1, 0.15) is 18.1 Å². The Labute approximate surface area is 197 Å². The molecule has 0 aliphatic carbocycles. The maximum atomic E-state index is 13.8. The van der Waals surface area contributed by atoms with Gasteiger partial charge in [0.2, 0.25) is 5.91 Å². The molecule has 13 heteroatoms. The predicted molar refractivity (Wildman–Crippen MR) is 112 cm³/mol. The lowest BCUT2D eigenvalue weighted by atomic mass is 9.91. The predicted octanol–water partition coefficient (Wildman–Crippen LogP) is 4.40. The molecule has 1 aliphatic heterocycles. The van der Waals surface area contributed by atoms with Gasteiger partial charge in [-0.05, 0) is 29.8 Å². The number of benzene rings is 2. The molecule has 0 radical (unpaired) electrons. The topological polar surface area (TPSA) is 81.7 Å². The number of sulfone groups is 1. The van der Waals surface area contributed by atoms with Gasteiger partial charge in [0.15, 0.2) is 9.84 Å². The van der Waals surface area contributed by atoms with E-state index >= 15 is 0 Å². The third-order valence-corrected chi connectivity index (χ3v) is 7.10. The van der Waals surface area contributed by atoms with Gasteiger partial charge in [0.25, 0.3) is 5.60 Å². The molecule has 6 nitrogen and oxygen atoms in total. The molecule has 1 heterocycles. The van der Waals surface area contributed by atoms with E-state index in [9.17, 15) is 39.6 Å². The van der Waals surface area contributed by atoms with Gasteiger partial charge in [-0.25, -0.2) is 8.42 Å². The molecule has 0 aromatic heterocycles. The zero-order chi connectivity index (χ0) is 26.1. The first-order chi connectivity index (χ1) is 16.2. The molecule has 1 amide bonds. The number of anilines is 1. The summed E-state index contributed by atoms with van der Waals surface area (Å²) in [6.45, 7) is 0.699. The highest BCUT2D eigenvalue weighted by molar-refractivity contribution is 7.91. The molecule has 0 saturated carbocycles. The number of carbonyl (C=O) groups excluding carboxylic acids is 1. The van der Waals surface area contributed by atoms with Gasteiger partial charge in [-0.2, -0.15) is 26.3 Å². The number of carbonyl (C=O) groups is 1. The van der Waals surface area contributed by atoms with Crippen LogP contribution in [0.5, 0.6) is 0 Å². The first-order valence-corrected chi connectivity index (χ1v) is 12.0. The number of hydrogen-bond acceptors (Lipinski definition) is 5. The quantitative estimate of drug-likeness (QED) is 0.517. The van der Waals surface area contributed by atoms with Gasteiger partial charge in [-0.15, -0.1) is 0 Å². The van der Waals surface area contributed by atoms with Gasteiger partial charge < -0.3 is 14.8 Å². The normalized spacial score (nSPS) is 15.5. The van der Waals surface area contributed by atoms with Crippen molar-refractivity contribution in [3.05, 3.63) is 59.7 Å². The Morgan fingerprint density at radius 3 is 1.94 bits per heavy atom. The standard InChI is InChI=1S/C22H21F6NO5S/c1-2-35(31,32)18-9-3-14(4-10-18)11-19(30)29-16-7-5-15(6-8-16)20(21(23,24)25,22(26,27)28)34-17-12-33-13-17/h3-10,17H,2,11-13H2,1H3,(H,29,30). The number of ether oxygens (including phenoxy) is 2. The zero-order valence-electron chi connectivity index (χ0n) is 18.2. The minimum atomic E-state index is -5.82. The van der Waals surface area contributed by atoms with Crippen molar-refractivity contribution in [3.63, 3.8) is 0 Å². The summed E-state index contributed by atoms with van der Waals surface area (Å²) < 4.78 is 115. The van der Waals surface area contributed by atoms with E-state index in [1.54, 1.807) is 0 Å². The van der Waals surface area contributed by atoms with Crippen molar-refractivity contribution in [1.82, 2.24) is 0 Å². The summed E-state index contributed by atoms with van der Waals surface area (Å²) in [5.74, 6) is -0.698. The van der Waals surface area contributed by atoms with Crippen molar-refractivity contribution in [2.24, 2.45) is 0 Å². The summed E-state index contributed by atoms with van der Waals surface area (Å²) in [5, 5.41) is 2.39. The average Bonchev–Trinajstić information content (AvgIpc) is 2.72. The van der Waals surface area contributed by atoms with E-state index in [-0.39, 0.29) is 22.8 Å². The Bertz CT molecular complexity index is 1130. The Morgan fingerprint density at radius 2 is 1.51 bits per heavy atom. The summed E-state index contributed by atoms with van der Waals surface area (Å²) in [7, 11) is -3.41. The van der Waals surface area contributed by atoms with Crippen LogP contribution in [-0.4, -0.2) is 51.7 Å². The molecule has 35 heavy (non-hydrogen) atoms. The Hall–Kier alpha value is -2.64. The summed E-state index contributed by atoms with van der Waals surface area (Å²) in [5.41, 5.74) is -5.32. The number of rotatable bonds is 8. The van der Waals surface area contributed by atoms with Crippen LogP contribution in [0.2, 0.25) is 0 Å². The van der Waals surface area contributed by atoms with E-state index in [0.717, 1.165) is 12.1 Å². The highest BCUT2D eigenvalue weighted by atomic mass is 32.2. The van der Waals surface area contributed by atoms with Crippen LogP contribution >= 0.6 is 0 Å². The number of alkyl halides is 6. The lowest BCUT2D eigenvalue weighted by Gasteiger charge is -2.42. The first kappa shape index (κ1) is 27.0. The molecule has 0 bridgehead atoms. The highest BCUT2D eigenvalue weighted by Crippen LogP contribution is 2.54. The molecular weight excluding hydrogens is 504 g/mol. The average molecular weight is 525 g/mol. The number of nitrogens with one attached hydrogen (secondary N) is 1. The fraction of sp³-hybridized carbons (Fsp3) is 0.409. The summed E-state index contributed by atoms with van der Waals surface area (Å²) in [4.78, 5) is 12.4. The highest BCUT2D eigenvalue weighted by Gasteiger charge is 2.74. The largest absolute Gasteiger partial charge is 0.430 e. The molecule has 1 saturated heterocycles. The van der Waals surface area contributed by atoms with Crippen molar-refractivity contribution < 1.29 is 49.0 Å². The molecule has 1 N–H and O–H groups in total. The van der Waals surface area contributed by atoms with Crippen molar-refractivity contribution in [1.29, 1.82) is 0 Å². The molecule has 2 aromatic rings. The van der Waals surface area contributed by atoms with E-state index < -0.39 is 58.6 Å². The third kappa shape index (κ3) is 5.62. The van der Waals surface area contributed by atoms with Crippen LogP contribution in [-0.2, 0) is 36.1 Å². The molecule has 0 unspecified atom stereocenters. The Kier molecular flexibility index (Phi) is 7.53. The molecule has 192 valence electrons. The number of hydrogen-bond donors (Lipinski definition) is 1. The van der Waals surface area contributed by atoms with Crippen molar-refractivity contribution in [2.45, 2.75) is 42.3 Å². The summed E-state index contributed by atoms with van der Waals surface area (Å²) >= 11 is 0. The van der Waals surface area contributed by atoms with Crippen LogP contribution in [0.25, 0.3) is 0 Å². The fourth-order valence-electron chi connectivity index (χ4n) is 3.38. The zero-order valence-corrected chi connectivity index (χ0v) is 19.1. The molecule has 0 atom stereocenters. The second-order valence-corrected chi connectivity index (χ2v) is 10.1. The smallest absolute Gasteiger partial charge is 0.376 e. The maximum Gasteiger partial charge on any atom is 0.430 e. The van der Waals surface area contributed by atoms with Gasteiger partial charge in [-0.1, -0.05) is 31.2 Å². The molecule has 1 fully saturated rings. The molecule has 2 aromatic carbocycles. The first-order valence-electron chi connectivity index (χ1n) is 10.3. The van der Waals surface area contributed by atoms with Crippen LogP contribution in [0.4, 0.5) is 32.0 Å². The van der Waals surface area contributed by atoms with Gasteiger partial charge in [-0.3, -0.25) is 4.79 Å². The number of amides is 1. The second-order valence-electron chi connectivity index (χ2n) is 7.80. The van der Waals surface area contributed by atoms with E-state index in [4.69, 9.17) is 0 Å². The van der Waals surface area contributed by atoms with Crippen LogP contribution in [0, 0.1) is 0 Å². The van der Waals surface area contributed by atoms with Crippen LogP contribution < -0.4 is 5.32 Å². The van der Waals surface area contributed by atoms with Gasteiger partial charge >= 0.3 is 12.4 Å². The van der Waals surface area contributed by atoms with Gasteiger partial charge in [0.1, 0.15) is 6.10 Å². The number of halogens is 6. The van der Waals surface area contributed by atoms with Crippen molar-refractivity contribution in [3.8, 4) is 0 Å². The molecular formula is C22H21F6NO5S. The van der Waals surface area contributed by atoms with Gasteiger partial charge in [0.05, 0.1) is 30.3 Å². The third-order valence-electron chi connectivity index (χ3n) is 5.35. The van der Waals surface area contributed by atoms with Crippen molar-refractivity contribution >= 4 is 21.4 Å². The van der Waals surface area contributed by atoms with E-state index in [1.807, 2.05) is 0 Å². The Balaban J connectivity index is 1.77. The second kappa shape index (κ2) is 9.78. The summed E-state index contributed by atoms with van der Waals surface area (Å²) in [6, 6.07) is 8.59. The van der Waals surface area contributed by atoms with Crippen LogP contribution in [0.15, 0.2) is 53.4 Å². The lowest BCUT2D eigenvalue weighted by Crippen LogP contribution is -2.59. The van der Waals surface area contributed by atoms with E-state index in [0.29, 0.717) is 17.7 Å². The fourth-order valence-corrected chi connectivity index (χ4v) is 4.27. The molecule has 3 rings (SSSR count). The summed E-state index contributed by atoms with van der Waals surface area (Å²) in [6.07, 6.45) is -13.2. The minimum Gasteiger partial charge on any atom is -0.376 e. The van der Waals surface area contributed by atoms with Crippen molar-refractivity contribution in [2.75, 3.05) is 24.3 Å². The van der Waals surface area contributed by atoms with E-state index in [2.05, 4.69) is 14.8 Å². The van der Waals surface area contributed by atoms with E-state index in [1.165, 1.54) is 31.2 Å². The Morgan fingerprint density at radius 1 is 0.971 bits per heavy atom. The maximum absolute atomic E-state index is 13.8. The van der Waals surface area contributed by atoms with Crippen LogP contribution in [0.3, 0.4) is 0 Å². The molecule has 1 aliphatic rings. The minimum absolute atomic E-state index is 0.0332. The lowest BCUT2D eigenvalue weighted by molar-refractivity contribution is -0.409.